The first-order chi connectivity index (χ1) is 7.63. The smallest absolute Gasteiger partial charge is 0.271 e. The molecule has 4 heteroatoms. The van der Waals surface area contributed by atoms with Crippen LogP contribution in [-0.2, 0) is 0 Å². The fourth-order valence-corrected chi connectivity index (χ4v) is 1.88. The molecule has 2 rings (SSSR count). The molecule has 1 amide bonds. The molecule has 1 saturated carbocycles. The monoisotopic (exact) mass is 236 g/mol. The van der Waals surface area contributed by atoms with E-state index in [1.807, 2.05) is 10.8 Å². The Balaban J connectivity index is 2.25. The van der Waals surface area contributed by atoms with E-state index in [0.717, 1.165) is 12.8 Å². The van der Waals surface area contributed by atoms with E-state index in [4.69, 9.17) is 18.0 Å². The Kier molecular flexibility index (Phi) is 2.93. The molecule has 1 aromatic heterocycles. The van der Waals surface area contributed by atoms with Crippen LogP contribution in [0.4, 0.5) is 0 Å². The van der Waals surface area contributed by atoms with E-state index in [1.165, 1.54) is 4.90 Å². The molecule has 3 nitrogen and oxygen atoms in total. The number of carbonyl (C=O) groups excluding carboxylic acids is 1. The second-order valence-corrected chi connectivity index (χ2v) is 4.48. The first kappa shape index (κ1) is 11.1. The van der Waals surface area contributed by atoms with E-state index in [0.29, 0.717) is 23.3 Å². The van der Waals surface area contributed by atoms with Gasteiger partial charge < -0.3 is 9.47 Å². The van der Waals surface area contributed by atoms with Crippen molar-refractivity contribution in [2.75, 3.05) is 13.6 Å². The zero-order valence-corrected chi connectivity index (χ0v) is 9.87. The van der Waals surface area contributed by atoms with Crippen LogP contribution in [0.1, 0.15) is 29.4 Å². The van der Waals surface area contributed by atoms with Crippen LogP contribution in [-0.4, -0.2) is 29.0 Å². The lowest BCUT2D eigenvalue weighted by atomic mass is 10.3. The summed E-state index contributed by atoms with van der Waals surface area (Å²) in [5, 5.41) is 0.601. The maximum atomic E-state index is 12.1. The highest BCUT2D eigenvalue weighted by Gasteiger charge is 2.28. The maximum absolute atomic E-state index is 12.1. The van der Waals surface area contributed by atoms with Crippen LogP contribution >= 0.6 is 11.6 Å². The summed E-state index contributed by atoms with van der Waals surface area (Å²) in [4.78, 5) is 13.6. The molecule has 0 spiro atoms. The molecule has 0 bridgehead atoms. The maximum Gasteiger partial charge on any atom is 0.271 e. The molecule has 0 unspecified atom stereocenters. The van der Waals surface area contributed by atoms with Crippen LogP contribution < -0.4 is 0 Å². The number of rotatable bonds is 3. The van der Waals surface area contributed by atoms with Gasteiger partial charge in [0.2, 0.25) is 0 Å². The number of terminal acetylenes is 1. The largest absolute Gasteiger partial charge is 0.339 e. The summed E-state index contributed by atoms with van der Waals surface area (Å²) in [6.45, 7) is 0.312. The minimum absolute atomic E-state index is 0.0725. The molecular formula is C12H13ClN2O. The van der Waals surface area contributed by atoms with Gasteiger partial charge in [0.05, 0.1) is 11.6 Å². The van der Waals surface area contributed by atoms with Crippen molar-refractivity contribution in [3.8, 4) is 12.3 Å². The summed E-state index contributed by atoms with van der Waals surface area (Å²) in [6, 6.07) is 2.14. The van der Waals surface area contributed by atoms with Gasteiger partial charge in [0.1, 0.15) is 5.69 Å². The van der Waals surface area contributed by atoms with E-state index in [9.17, 15) is 4.79 Å². The fraction of sp³-hybridized carbons (Fsp3) is 0.417. The molecule has 0 N–H and O–H groups in total. The SMILES string of the molecule is C#CCN(C)C(=O)c1cc(Cl)cn1C1CC1. The standard InChI is InChI=1S/C12H13ClN2O/c1-3-6-14(2)12(16)11-7-9(13)8-15(11)10-4-5-10/h1,7-8,10H,4-6H2,2H3. The van der Waals surface area contributed by atoms with Crippen molar-refractivity contribution in [3.05, 3.63) is 23.0 Å². The third-order valence-corrected chi connectivity index (χ3v) is 2.86. The summed E-state index contributed by atoms with van der Waals surface area (Å²) >= 11 is 5.93. The summed E-state index contributed by atoms with van der Waals surface area (Å²) in [6.07, 6.45) is 9.23. The van der Waals surface area contributed by atoms with Gasteiger partial charge in [-0.15, -0.1) is 6.42 Å². The normalized spacial score (nSPS) is 14.6. The Morgan fingerprint density at radius 3 is 3.00 bits per heavy atom. The Morgan fingerprint density at radius 2 is 2.44 bits per heavy atom. The van der Waals surface area contributed by atoms with E-state index < -0.39 is 0 Å². The molecule has 0 radical (unpaired) electrons. The molecule has 84 valence electrons. The number of hydrogen-bond donors (Lipinski definition) is 0. The van der Waals surface area contributed by atoms with Crippen molar-refractivity contribution in [2.45, 2.75) is 18.9 Å². The minimum atomic E-state index is -0.0725. The van der Waals surface area contributed by atoms with Gasteiger partial charge >= 0.3 is 0 Å². The molecule has 0 saturated heterocycles. The number of amides is 1. The highest BCUT2D eigenvalue weighted by molar-refractivity contribution is 6.31. The van der Waals surface area contributed by atoms with Crippen LogP contribution in [0.15, 0.2) is 12.3 Å². The molecule has 1 aliphatic rings. The Morgan fingerprint density at radius 1 is 1.75 bits per heavy atom. The third-order valence-electron chi connectivity index (χ3n) is 2.65. The summed E-state index contributed by atoms with van der Waals surface area (Å²) in [5.41, 5.74) is 0.630. The van der Waals surface area contributed by atoms with Crippen molar-refractivity contribution < 1.29 is 4.79 Å². The average Bonchev–Trinajstić information content (AvgIpc) is 3.01. The molecular weight excluding hydrogens is 224 g/mol. The third kappa shape index (κ3) is 2.07. The Labute approximate surface area is 100.0 Å². The molecule has 16 heavy (non-hydrogen) atoms. The van der Waals surface area contributed by atoms with Crippen molar-refractivity contribution in [3.63, 3.8) is 0 Å². The van der Waals surface area contributed by atoms with Crippen molar-refractivity contribution in [1.82, 2.24) is 9.47 Å². The average molecular weight is 237 g/mol. The topological polar surface area (TPSA) is 25.2 Å². The highest BCUT2D eigenvalue weighted by Crippen LogP contribution is 2.37. The van der Waals surface area contributed by atoms with Gasteiger partial charge in [-0.2, -0.15) is 0 Å². The number of carbonyl (C=O) groups is 1. The molecule has 1 aliphatic carbocycles. The lowest BCUT2D eigenvalue weighted by Crippen LogP contribution is -2.28. The van der Waals surface area contributed by atoms with Gasteiger partial charge in [-0.05, 0) is 18.9 Å². The van der Waals surface area contributed by atoms with E-state index in [2.05, 4.69) is 5.92 Å². The van der Waals surface area contributed by atoms with Gasteiger partial charge in [0.25, 0.3) is 5.91 Å². The summed E-state index contributed by atoms with van der Waals surface area (Å²) < 4.78 is 1.96. The summed E-state index contributed by atoms with van der Waals surface area (Å²) in [5.74, 6) is 2.38. The summed E-state index contributed by atoms with van der Waals surface area (Å²) in [7, 11) is 1.69. The highest BCUT2D eigenvalue weighted by atomic mass is 35.5. The second kappa shape index (κ2) is 4.23. The first-order valence-corrected chi connectivity index (χ1v) is 5.57. The quantitative estimate of drug-likeness (QED) is 0.739. The lowest BCUT2D eigenvalue weighted by Gasteiger charge is -2.15. The molecule has 1 fully saturated rings. The zero-order valence-electron chi connectivity index (χ0n) is 9.11. The zero-order chi connectivity index (χ0) is 11.7. The Hall–Kier alpha value is -1.40. The van der Waals surface area contributed by atoms with Gasteiger partial charge in [0, 0.05) is 19.3 Å². The van der Waals surface area contributed by atoms with Crippen LogP contribution in [0.25, 0.3) is 0 Å². The number of nitrogens with zero attached hydrogens (tertiary/aromatic N) is 2. The molecule has 1 aromatic rings. The molecule has 1 heterocycles. The molecule has 0 aliphatic heterocycles. The van der Waals surface area contributed by atoms with Crippen molar-refractivity contribution in [2.24, 2.45) is 0 Å². The second-order valence-electron chi connectivity index (χ2n) is 4.05. The van der Waals surface area contributed by atoms with E-state index in [-0.39, 0.29) is 5.91 Å². The number of hydrogen-bond acceptors (Lipinski definition) is 1. The van der Waals surface area contributed by atoms with Gasteiger partial charge in [-0.1, -0.05) is 17.5 Å². The van der Waals surface area contributed by atoms with E-state index >= 15 is 0 Å². The van der Waals surface area contributed by atoms with Crippen molar-refractivity contribution >= 4 is 17.5 Å². The number of aromatic nitrogens is 1. The van der Waals surface area contributed by atoms with Gasteiger partial charge in [0.15, 0.2) is 0 Å². The van der Waals surface area contributed by atoms with Gasteiger partial charge in [-0.3, -0.25) is 4.79 Å². The van der Waals surface area contributed by atoms with Crippen LogP contribution in [0.3, 0.4) is 0 Å². The number of halogens is 1. The molecule has 0 atom stereocenters. The fourth-order valence-electron chi connectivity index (χ4n) is 1.68. The Bertz CT molecular complexity index is 454. The van der Waals surface area contributed by atoms with Gasteiger partial charge in [-0.25, -0.2) is 0 Å². The van der Waals surface area contributed by atoms with Crippen LogP contribution in [0, 0.1) is 12.3 Å². The predicted octanol–water partition coefficient (Wildman–Crippen LogP) is 2.18. The van der Waals surface area contributed by atoms with Crippen LogP contribution in [0.2, 0.25) is 5.02 Å². The first-order valence-electron chi connectivity index (χ1n) is 5.19. The van der Waals surface area contributed by atoms with Crippen molar-refractivity contribution in [1.29, 1.82) is 0 Å². The van der Waals surface area contributed by atoms with Crippen LogP contribution in [0.5, 0.6) is 0 Å². The molecule has 0 aromatic carbocycles. The lowest BCUT2D eigenvalue weighted by molar-refractivity contribution is 0.0802. The van der Waals surface area contributed by atoms with E-state index in [1.54, 1.807) is 13.1 Å². The predicted molar refractivity (Wildman–Crippen MR) is 63.5 cm³/mol. The minimum Gasteiger partial charge on any atom is -0.339 e.